The smallest absolute Gasteiger partial charge is 0.172 e. The monoisotopic (exact) mass is 200 g/mol. The van der Waals surface area contributed by atoms with Crippen LogP contribution in [0, 0.1) is 5.92 Å². The van der Waals surface area contributed by atoms with Crippen molar-refractivity contribution in [3.8, 4) is 0 Å². The van der Waals surface area contributed by atoms with Crippen molar-refractivity contribution in [3.63, 3.8) is 0 Å². The summed E-state index contributed by atoms with van der Waals surface area (Å²) in [6.45, 7) is 5.88. The molecule has 1 aliphatic rings. The van der Waals surface area contributed by atoms with E-state index in [1.807, 2.05) is 26.8 Å². The van der Waals surface area contributed by atoms with E-state index in [1.54, 1.807) is 0 Å². The van der Waals surface area contributed by atoms with Crippen LogP contribution in [0.3, 0.4) is 0 Å². The zero-order chi connectivity index (χ0) is 10.2. The second-order valence-corrected chi connectivity index (χ2v) is 5.90. The van der Waals surface area contributed by atoms with Gasteiger partial charge in [-0.1, -0.05) is 18.6 Å². The average molecular weight is 200 g/mol. The lowest BCUT2D eigenvalue weighted by Gasteiger charge is -2.21. The van der Waals surface area contributed by atoms with Crippen molar-refractivity contribution in [2.45, 2.75) is 27.2 Å². The fourth-order valence-electron chi connectivity index (χ4n) is 2.12. The molecule has 0 aromatic heterocycles. The van der Waals surface area contributed by atoms with Gasteiger partial charge in [-0.2, -0.15) is 0 Å². The first-order valence-corrected chi connectivity index (χ1v) is 6.29. The van der Waals surface area contributed by atoms with E-state index < -0.39 is 9.84 Å². The van der Waals surface area contributed by atoms with Crippen molar-refractivity contribution < 1.29 is 8.42 Å². The molecular weight excluding hydrogens is 184 g/mol. The summed E-state index contributed by atoms with van der Waals surface area (Å²) >= 11 is 0. The second kappa shape index (κ2) is 3.29. The van der Waals surface area contributed by atoms with E-state index in [0.29, 0.717) is 4.91 Å². The molecule has 2 nitrogen and oxygen atoms in total. The summed E-state index contributed by atoms with van der Waals surface area (Å²) in [6.07, 6.45) is 4.12. The van der Waals surface area contributed by atoms with Crippen LogP contribution in [0.2, 0.25) is 0 Å². The van der Waals surface area contributed by atoms with E-state index in [4.69, 9.17) is 0 Å². The molecule has 0 aliphatic heterocycles. The summed E-state index contributed by atoms with van der Waals surface area (Å²) in [5.74, 6) is 0.139. The van der Waals surface area contributed by atoms with Gasteiger partial charge in [0, 0.05) is 6.26 Å². The molecule has 0 saturated carbocycles. The Morgan fingerprint density at radius 2 is 1.92 bits per heavy atom. The van der Waals surface area contributed by atoms with Gasteiger partial charge in [-0.15, -0.1) is 0 Å². The van der Waals surface area contributed by atoms with Crippen LogP contribution in [0.5, 0.6) is 0 Å². The van der Waals surface area contributed by atoms with Crippen molar-refractivity contribution in [2.75, 3.05) is 6.26 Å². The Bertz CT molecular complexity index is 372. The lowest BCUT2D eigenvalue weighted by Crippen LogP contribution is -2.15. The molecule has 0 fully saturated rings. The van der Waals surface area contributed by atoms with E-state index in [1.165, 1.54) is 11.8 Å². The van der Waals surface area contributed by atoms with Gasteiger partial charge in [0.05, 0.1) is 4.91 Å². The molecule has 0 spiro atoms. The van der Waals surface area contributed by atoms with Crippen LogP contribution in [0.25, 0.3) is 0 Å². The molecule has 74 valence electrons. The largest absolute Gasteiger partial charge is 0.224 e. The summed E-state index contributed by atoms with van der Waals surface area (Å²) < 4.78 is 22.9. The minimum Gasteiger partial charge on any atom is -0.224 e. The maximum absolute atomic E-state index is 11.4. The summed E-state index contributed by atoms with van der Waals surface area (Å²) in [6, 6.07) is 0. The minimum absolute atomic E-state index is 0.139. The van der Waals surface area contributed by atoms with Gasteiger partial charge in [0.15, 0.2) is 9.84 Å². The van der Waals surface area contributed by atoms with Crippen LogP contribution in [0.1, 0.15) is 27.2 Å². The number of sulfone groups is 1. The van der Waals surface area contributed by atoms with Crippen LogP contribution in [0.4, 0.5) is 0 Å². The van der Waals surface area contributed by atoms with Gasteiger partial charge in [0.2, 0.25) is 0 Å². The highest BCUT2D eigenvalue weighted by Crippen LogP contribution is 2.31. The number of hydrogen-bond acceptors (Lipinski definition) is 2. The van der Waals surface area contributed by atoms with E-state index in [0.717, 1.165) is 12.0 Å². The average Bonchev–Trinajstić information content (AvgIpc) is 1.78. The van der Waals surface area contributed by atoms with E-state index >= 15 is 0 Å². The molecule has 0 radical (unpaired) electrons. The van der Waals surface area contributed by atoms with Crippen LogP contribution in [0.15, 0.2) is 22.1 Å². The molecule has 0 amide bonds. The molecule has 3 heteroatoms. The Morgan fingerprint density at radius 3 is 2.31 bits per heavy atom. The fraction of sp³-hybridized carbons (Fsp3) is 0.600. The third kappa shape index (κ3) is 2.21. The summed E-state index contributed by atoms with van der Waals surface area (Å²) in [5, 5.41) is 0. The number of hydrogen-bond donors (Lipinski definition) is 0. The van der Waals surface area contributed by atoms with Gasteiger partial charge in [-0.3, -0.25) is 0 Å². The first-order chi connectivity index (χ1) is 5.82. The lowest BCUT2D eigenvalue weighted by atomic mass is 9.93. The molecule has 13 heavy (non-hydrogen) atoms. The van der Waals surface area contributed by atoms with Gasteiger partial charge < -0.3 is 0 Å². The Balaban J connectivity index is 3.28. The van der Waals surface area contributed by atoms with E-state index in [9.17, 15) is 8.42 Å². The first-order valence-electron chi connectivity index (χ1n) is 4.40. The van der Waals surface area contributed by atoms with Crippen molar-refractivity contribution in [3.05, 3.63) is 22.1 Å². The van der Waals surface area contributed by atoms with Gasteiger partial charge in [-0.25, -0.2) is 8.42 Å². The molecule has 0 bridgehead atoms. The number of rotatable bonds is 1. The Hall–Kier alpha value is -0.570. The lowest BCUT2D eigenvalue weighted by molar-refractivity contribution is 0.592. The van der Waals surface area contributed by atoms with Crippen molar-refractivity contribution in [1.29, 1.82) is 0 Å². The van der Waals surface area contributed by atoms with Crippen LogP contribution < -0.4 is 0 Å². The third-order valence-corrected chi connectivity index (χ3v) is 3.85. The molecule has 0 heterocycles. The molecule has 0 aromatic rings. The summed E-state index contributed by atoms with van der Waals surface area (Å²) in [5.41, 5.74) is 2.16. The van der Waals surface area contributed by atoms with E-state index in [2.05, 4.69) is 0 Å². The molecule has 1 rings (SSSR count). The Morgan fingerprint density at radius 1 is 1.38 bits per heavy atom. The topological polar surface area (TPSA) is 34.1 Å². The van der Waals surface area contributed by atoms with Crippen LogP contribution >= 0.6 is 0 Å². The first kappa shape index (κ1) is 10.5. The minimum atomic E-state index is -3.01. The molecule has 1 atom stereocenters. The van der Waals surface area contributed by atoms with Crippen LogP contribution in [-0.4, -0.2) is 14.7 Å². The molecule has 0 aromatic carbocycles. The highest BCUT2D eigenvalue weighted by atomic mass is 32.2. The molecule has 0 N–H and O–H groups in total. The summed E-state index contributed by atoms with van der Waals surface area (Å²) in [4.78, 5) is 0.609. The van der Waals surface area contributed by atoms with Gasteiger partial charge in [0.1, 0.15) is 0 Å². The predicted molar refractivity (Wildman–Crippen MR) is 55.1 cm³/mol. The van der Waals surface area contributed by atoms with Gasteiger partial charge >= 0.3 is 0 Å². The Labute approximate surface area is 80.3 Å². The maximum Gasteiger partial charge on any atom is 0.172 e. The second-order valence-electron chi connectivity index (χ2n) is 3.92. The summed E-state index contributed by atoms with van der Waals surface area (Å²) in [7, 11) is -3.01. The fourth-order valence-corrected chi connectivity index (χ4v) is 3.58. The Kier molecular flexibility index (Phi) is 2.66. The quantitative estimate of drug-likeness (QED) is 0.651. The van der Waals surface area contributed by atoms with Gasteiger partial charge in [0.25, 0.3) is 0 Å². The third-order valence-electron chi connectivity index (χ3n) is 2.33. The number of allylic oxidation sites excluding steroid dienone is 4. The highest BCUT2D eigenvalue weighted by Gasteiger charge is 2.24. The SMILES string of the molecule is CC1=CC(C)=C(S(C)(=O)=O)C(C)C1. The van der Waals surface area contributed by atoms with Crippen molar-refractivity contribution in [2.24, 2.45) is 5.92 Å². The van der Waals surface area contributed by atoms with Gasteiger partial charge in [-0.05, 0) is 31.8 Å². The predicted octanol–water partition coefficient (Wildman–Crippen LogP) is 2.29. The van der Waals surface area contributed by atoms with Crippen LogP contribution in [-0.2, 0) is 9.84 Å². The molecular formula is C10H16O2S. The zero-order valence-corrected chi connectivity index (χ0v) is 9.40. The molecule has 1 unspecified atom stereocenters. The van der Waals surface area contributed by atoms with E-state index in [-0.39, 0.29) is 5.92 Å². The zero-order valence-electron chi connectivity index (χ0n) is 8.59. The maximum atomic E-state index is 11.4. The highest BCUT2D eigenvalue weighted by molar-refractivity contribution is 7.94. The normalized spacial score (nSPS) is 24.6. The standard InChI is InChI=1S/C10H16O2S/c1-7-5-8(2)10(9(3)6-7)13(4,11)12/h5,9H,6H2,1-4H3. The van der Waals surface area contributed by atoms with Crippen molar-refractivity contribution in [1.82, 2.24) is 0 Å². The molecule has 0 saturated heterocycles. The molecule has 1 aliphatic carbocycles. The van der Waals surface area contributed by atoms with Crippen molar-refractivity contribution >= 4 is 9.84 Å².